The Morgan fingerprint density at radius 1 is 1.16 bits per heavy atom. The van der Waals surface area contributed by atoms with E-state index in [0.29, 0.717) is 11.3 Å². The van der Waals surface area contributed by atoms with Crippen molar-refractivity contribution in [2.24, 2.45) is 0 Å². The minimum Gasteiger partial charge on any atom is -0.309 e. The van der Waals surface area contributed by atoms with Crippen molar-refractivity contribution in [3.8, 4) is 0 Å². The van der Waals surface area contributed by atoms with Crippen molar-refractivity contribution in [1.29, 1.82) is 0 Å². The maximum atomic E-state index is 3.69. The van der Waals surface area contributed by atoms with Crippen LogP contribution in [-0.2, 0) is 5.75 Å². The van der Waals surface area contributed by atoms with E-state index in [1.54, 1.807) is 5.56 Å². The molecule has 0 fully saturated rings. The minimum absolute atomic E-state index is 0.508. The quantitative estimate of drug-likeness (QED) is 0.881. The first-order valence-electron chi connectivity index (χ1n) is 7.20. The number of thioether (sulfide) groups is 1. The lowest BCUT2D eigenvalue weighted by Crippen LogP contribution is -2.33. The molecular formula is C17H21NS. The molecule has 0 aliphatic carbocycles. The molecule has 1 nitrogen and oxygen atoms in total. The summed E-state index contributed by atoms with van der Waals surface area (Å²) in [5.41, 5.74) is 3.06. The Labute approximate surface area is 119 Å². The molecule has 0 saturated heterocycles. The fourth-order valence-corrected chi connectivity index (χ4v) is 4.48. The fourth-order valence-electron chi connectivity index (χ4n) is 3.11. The van der Waals surface area contributed by atoms with Crippen LogP contribution < -0.4 is 5.32 Å². The third-order valence-electron chi connectivity index (χ3n) is 4.05. The Morgan fingerprint density at radius 3 is 2.79 bits per heavy atom. The van der Waals surface area contributed by atoms with Crippen LogP contribution in [0.2, 0.25) is 0 Å². The van der Waals surface area contributed by atoms with Gasteiger partial charge in [0.15, 0.2) is 0 Å². The van der Waals surface area contributed by atoms with Gasteiger partial charge in [-0.25, -0.2) is 0 Å². The van der Waals surface area contributed by atoms with Crippen molar-refractivity contribution in [1.82, 2.24) is 5.32 Å². The molecule has 0 bridgehead atoms. The van der Waals surface area contributed by atoms with E-state index >= 15 is 0 Å². The van der Waals surface area contributed by atoms with Gasteiger partial charge in [0, 0.05) is 17.0 Å². The second-order valence-electron chi connectivity index (χ2n) is 5.15. The summed E-state index contributed by atoms with van der Waals surface area (Å²) in [6, 6.07) is 13.9. The predicted molar refractivity (Wildman–Crippen MR) is 85.7 cm³/mol. The third kappa shape index (κ3) is 2.28. The van der Waals surface area contributed by atoms with Crippen LogP contribution in [0.15, 0.2) is 36.4 Å². The van der Waals surface area contributed by atoms with Gasteiger partial charge in [-0.1, -0.05) is 50.2 Å². The van der Waals surface area contributed by atoms with Gasteiger partial charge in [0.05, 0.1) is 0 Å². The van der Waals surface area contributed by atoms with E-state index in [4.69, 9.17) is 0 Å². The van der Waals surface area contributed by atoms with Crippen molar-refractivity contribution < 1.29 is 0 Å². The lowest BCUT2D eigenvalue weighted by Gasteiger charge is -2.34. The van der Waals surface area contributed by atoms with Gasteiger partial charge in [0.1, 0.15) is 0 Å². The Bertz CT molecular complexity index is 578. The number of rotatable bonds is 3. The smallest absolute Gasteiger partial charge is 0.0443 e. The van der Waals surface area contributed by atoms with E-state index in [1.807, 2.05) is 0 Å². The number of hydrogen-bond donors (Lipinski definition) is 1. The van der Waals surface area contributed by atoms with Crippen LogP contribution >= 0.6 is 11.8 Å². The van der Waals surface area contributed by atoms with Crippen molar-refractivity contribution in [2.45, 2.75) is 37.3 Å². The molecule has 100 valence electrons. The normalized spacial score (nSPS) is 22.4. The Morgan fingerprint density at radius 2 is 2.00 bits per heavy atom. The number of benzene rings is 2. The van der Waals surface area contributed by atoms with E-state index in [9.17, 15) is 0 Å². The average Bonchev–Trinajstić information content (AvgIpc) is 2.47. The number of fused-ring (bicyclic) bond motifs is 3. The topological polar surface area (TPSA) is 12.0 Å². The molecule has 2 atom stereocenters. The highest BCUT2D eigenvalue weighted by molar-refractivity contribution is 7.99. The van der Waals surface area contributed by atoms with E-state index in [2.05, 4.69) is 67.3 Å². The zero-order valence-corrected chi connectivity index (χ0v) is 12.5. The van der Waals surface area contributed by atoms with Crippen LogP contribution in [-0.4, -0.2) is 11.8 Å². The van der Waals surface area contributed by atoms with Crippen molar-refractivity contribution in [3.63, 3.8) is 0 Å². The first kappa shape index (κ1) is 13.0. The highest BCUT2D eigenvalue weighted by Crippen LogP contribution is 2.41. The molecule has 0 saturated carbocycles. The monoisotopic (exact) mass is 271 g/mol. The van der Waals surface area contributed by atoms with Gasteiger partial charge in [-0.05, 0) is 34.9 Å². The lowest BCUT2D eigenvalue weighted by atomic mass is 9.92. The molecule has 1 heterocycles. The molecule has 19 heavy (non-hydrogen) atoms. The molecule has 0 spiro atoms. The maximum absolute atomic E-state index is 3.69. The zero-order valence-electron chi connectivity index (χ0n) is 11.6. The SMILES string of the molecule is CCNC1c2ccc3ccccc3c2CSC1CC. The van der Waals surface area contributed by atoms with Crippen LogP contribution in [0.4, 0.5) is 0 Å². The molecule has 0 aromatic heterocycles. The van der Waals surface area contributed by atoms with Gasteiger partial charge in [-0.15, -0.1) is 0 Å². The third-order valence-corrected chi connectivity index (χ3v) is 5.54. The molecule has 1 aliphatic rings. The van der Waals surface area contributed by atoms with Gasteiger partial charge in [-0.3, -0.25) is 0 Å². The van der Waals surface area contributed by atoms with Gasteiger partial charge >= 0.3 is 0 Å². The van der Waals surface area contributed by atoms with Crippen LogP contribution in [0, 0.1) is 0 Å². The second-order valence-corrected chi connectivity index (χ2v) is 6.38. The maximum Gasteiger partial charge on any atom is 0.0443 e. The summed E-state index contributed by atoms with van der Waals surface area (Å²) in [7, 11) is 0. The van der Waals surface area contributed by atoms with Crippen LogP contribution in [0.3, 0.4) is 0 Å². The molecule has 0 radical (unpaired) electrons. The van der Waals surface area contributed by atoms with E-state index in [0.717, 1.165) is 12.3 Å². The molecular weight excluding hydrogens is 250 g/mol. The first-order valence-corrected chi connectivity index (χ1v) is 8.25. The summed E-state index contributed by atoms with van der Waals surface area (Å²) in [4.78, 5) is 0. The highest BCUT2D eigenvalue weighted by Gasteiger charge is 2.29. The van der Waals surface area contributed by atoms with Gasteiger partial charge in [0.25, 0.3) is 0 Å². The average molecular weight is 271 g/mol. The fraction of sp³-hybridized carbons (Fsp3) is 0.412. The molecule has 1 N–H and O–H groups in total. The first-order chi connectivity index (χ1) is 9.35. The standard InChI is InChI=1S/C17H21NS/c1-3-16-17(18-4-2)14-10-9-12-7-5-6-8-13(12)15(14)11-19-16/h5-10,16-18H,3-4,11H2,1-2H3. The molecule has 2 unspecified atom stereocenters. The zero-order chi connectivity index (χ0) is 13.2. The van der Waals surface area contributed by atoms with Crippen molar-refractivity contribution in [2.75, 3.05) is 6.54 Å². The van der Waals surface area contributed by atoms with Crippen LogP contribution in [0.25, 0.3) is 10.8 Å². The Balaban J connectivity index is 2.13. The van der Waals surface area contributed by atoms with Crippen molar-refractivity contribution >= 4 is 22.5 Å². The molecule has 0 amide bonds. The molecule has 2 aromatic carbocycles. The Hall–Kier alpha value is -0.990. The lowest BCUT2D eigenvalue weighted by molar-refractivity contribution is 0.514. The summed E-state index contributed by atoms with van der Waals surface area (Å²) >= 11 is 2.11. The summed E-state index contributed by atoms with van der Waals surface area (Å²) in [6.07, 6.45) is 1.23. The number of hydrogen-bond acceptors (Lipinski definition) is 2. The number of nitrogens with one attached hydrogen (secondary N) is 1. The molecule has 2 aromatic rings. The second kappa shape index (κ2) is 5.56. The Kier molecular flexibility index (Phi) is 3.81. The summed E-state index contributed by atoms with van der Waals surface area (Å²) in [6.45, 7) is 5.54. The van der Waals surface area contributed by atoms with Crippen LogP contribution in [0.5, 0.6) is 0 Å². The molecule has 2 heteroatoms. The minimum atomic E-state index is 0.508. The summed E-state index contributed by atoms with van der Waals surface area (Å²) in [5.74, 6) is 1.15. The largest absolute Gasteiger partial charge is 0.309 e. The van der Waals surface area contributed by atoms with Gasteiger partial charge in [0.2, 0.25) is 0 Å². The van der Waals surface area contributed by atoms with Crippen molar-refractivity contribution in [3.05, 3.63) is 47.5 Å². The van der Waals surface area contributed by atoms with E-state index in [-0.39, 0.29) is 0 Å². The highest BCUT2D eigenvalue weighted by atomic mass is 32.2. The van der Waals surface area contributed by atoms with E-state index in [1.165, 1.54) is 22.8 Å². The predicted octanol–water partition coefficient (Wildman–Crippen LogP) is 4.52. The summed E-state index contributed by atoms with van der Waals surface area (Å²) in [5, 5.41) is 7.19. The summed E-state index contributed by atoms with van der Waals surface area (Å²) < 4.78 is 0. The molecule has 3 rings (SSSR count). The van der Waals surface area contributed by atoms with Crippen LogP contribution in [0.1, 0.15) is 37.4 Å². The van der Waals surface area contributed by atoms with E-state index < -0.39 is 0 Å². The molecule has 1 aliphatic heterocycles. The van der Waals surface area contributed by atoms with Gasteiger partial charge in [-0.2, -0.15) is 11.8 Å². The van der Waals surface area contributed by atoms with Gasteiger partial charge < -0.3 is 5.32 Å².